The van der Waals surface area contributed by atoms with Gasteiger partial charge in [-0.15, -0.1) is 0 Å². The minimum atomic E-state index is 1.03. The van der Waals surface area contributed by atoms with Gasteiger partial charge >= 0.3 is 0 Å². The van der Waals surface area contributed by atoms with E-state index in [1.807, 2.05) is 30.5 Å². The van der Waals surface area contributed by atoms with Gasteiger partial charge < -0.3 is 4.98 Å². The summed E-state index contributed by atoms with van der Waals surface area (Å²) in [5.41, 5.74) is 3.42. The highest BCUT2D eigenvalue weighted by Gasteiger charge is 1.93. The van der Waals surface area contributed by atoms with Crippen molar-refractivity contribution in [2.24, 2.45) is 0 Å². The Morgan fingerprint density at radius 1 is 1.11 bits per heavy atom. The number of nitrogens with one attached hydrogen (secondary N) is 1. The summed E-state index contributed by atoms with van der Waals surface area (Å²) in [6, 6.07) is 14.3. The van der Waals surface area contributed by atoms with E-state index in [2.05, 4.69) is 39.5 Å². The van der Waals surface area contributed by atoms with Gasteiger partial charge in [-0.1, -0.05) is 23.8 Å². The number of hydrogen-bond donors (Lipinski definition) is 1. The third kappa shape index (κ3) is 2.63. The molecule has 0 atom stereocenters. The minimum Gasteiger partial charge on any atom is -0.345 e. The summed E-state index contributed by atoms with van der Waals surface area (Å²) in [5, 5.41) is 1.25. The SMILES string of the molecule is Cc1ccc2sncc2c1.c1ccc2[nH]cnc2c1. The van der Waals surface area contributed by atoms with Crippen LogP contribution in [0, 0.1) is 6.92 Å². The molecule has 94 valence electrons. The quantitative estimate of drug-likeness (QED) is 0.519. The topological polar surface area (TPSA) is 41.6 Å². The molecular formula is C15H13N3S. The van der Waals surface area contributed by atoms with Crippen molar-refractivity contribution in [2.75, 3.05) is 0 Å². The van der Waals surface area contributed by atoms with E-state index < -0.39 is 0 Å². The lowest BCUT2D eigenvalue weighted by molar-refractivity contribution is 1.34. The van der Waals surface area contributed by atoms with Gasteiger partial charge in [0.2, 0.25) is 0 Å². The molecule has 0 bridgehead atoms. The molecule has 0 aliphatic heterocycles. The van der Waals surface area contributed by atoms with Gasteiger partial charge in [-0.3, -0.25) is 0 Å². The number of imidazole rings is 1. The van der Waals surface area contributed by atoms with Crippen LogP contribution in [0.2, 0.25) is 0 Å². The van der Waals surface area contributed by atoms with Gasteiger partial charge in [-0.05, 0) is 42.7 Å². The number of nitrogens with zero attached hydrogens (tertiary/aromatic N) is 2. The molecule has 3 nitrogen and oxygen atoms in total. The Bertz CT molecular complexity index is 771. The zero-order valence-corrected chi connectivity index (χ0v) is 11.3. The average Bonchev–Trinajstić information content (AvgIpc) is 3.07. The van der Waals surface area contributed by atoms with Gasteiger partial charge in [0.25, 0.3) is 0 Å². The zero-order valence-electron chi connectivity index (χ0n) is 10.5. The third-order valence-electron chi connectivity index (χ3n) is 2.84. The molecule has 0 saturated heterocycles. The second kappa shape index (κ2) is 5.20. The highest BCUT2D eigenvalue weighted by molar-refractivity contribution is 7.13. The van der Waals surface area contributed by atoms with Crippen LogP contribution in [0.5, 0.6) is 0 Å². The van der Waals surface area contributed by atoms with Crippen LogP contribution in [0.1, 0.15) is 5.56 Å². The number of benzene rings is 2. The molecular weight excluding hydrogens is 254 g/mol. The van der Waals surface area contributed by atoms with Gasteiger partial charge in [0.15, 0.2) is 0 Å². The number of rotatable bonds is 0. The molecule has 2 heterocycles. The molecule has 0 unspecified atom stereocenters. The molecule has 0 fully saturated rings. The van der Waals surface area contributed by atoms with Crippen LogP contribution in [0.15, 0.2) is 55.0 Å². The van der Waals surface area contributed by atoms with Gasteiger partial charge in [-0.2, -0.15) is 4.37 Å². The summed E-state index contributed by atoms with van der Waals surface area (Å²) in [6.07, 6.45) is 3.61. The summed E-state index contributed by atoms with van der Waals surface area (Å²) in [7, 11) is 0. The fraction of sp³-hybridized carbons (Fsp3) is 0.0667. The molecule has 4 aromatic rings. The van der Waals surface area contributed by atoms with Crippen LogP contribution in [-0.2, 0) is 0 Å². The van der Waals surface area contributed by atoms with Crippen molar-refractivity contribution in [1.82, 2.24) is 14.3 Å². The monoisotopic (exact) mass is 267 g/mol. The van der Waals surface area contributed by atoms with Crippen molar-refractivity contribution in [3.8, 4) is 0 Å². The Labute approximate surface area is 115 Å². The summed E-state index contributed by atoms with van der Waals surface area (Å²) in [6.45, 7) is 2.09. The molecule has 0 amide bonds. The van der Waals surface area contributed by atoms with Crippen LogP contribution in [0.25, 0.3) is 21.1 Å². The van der Waals surface area contributed by atoms with Crippen LogP contribution < -0.4 is 0 Å². The Hall–Kier alpha value is -2.20. The second-order valence-corrected chi connectivity index (χ2v) is 5.12. The lowest BCUT2D eigenvalue weighted by atomic mass is 10.2. The largest absolute Gasteiger partial charge is 0.345 e. The highest BCUT2D eigenvalue weighted by atomic mass is 32.1. The van der Waals surface area contributed by atoms with E-state index in [0.717, 1.165) is 11.0 Å². The molecule has 4 heteroatoms. The first-order valence-corrected chi connectivity index (χ1v) is 6.79. The van der Waals surface area contributed by atoms with Gasteiger partial charge in [-0.25, -0.2) is 4.98 Å². The maximum atomic E-state index is 4.08. The van der Waals surface area contributed by atoms with Crippen LogP contribution in [0.3, 0.4) is 0 Å². The molecule has 19 heavy (non-hydrogen) atoms. The maximum Gasteiger partial charge on any atom is 0.0931 e. The number of aryl methyl sites for hydroxylation is 1. The van der Waals surface area contributed by atoms with E-state index in [1.165, 1.54) is 15.6 Å². The molecule has 2 aromatic heterocycles. The van der Waals surface area contributed by atoms with E-state index in [0.29, 0.717) is 0 Å². The Kier molecular flexibility index (Phi) is 3.25. The fourth-order valence-electron chi connectivity index (χ4n) is 1.87. The zero-order chi connectivity index (χ0) is 13.1. The summed E-state index contributed by atoms with van der Waals surface area (Å²) >= 11 is 1.55. The van der Waals surface area contributed by atoms with Crippen molar-refractivity contribution < 1.29 is 0 Å². The average molecular weight is 267 g/mol. The van der Waals surface area contributed by atoms with Gasteiger partial charge in [0.05, 0.1) is 22.1 Å². The van der Waals surface area contributed by atoms with Crippen molar-refractivity contribution in [1.29, 1.82) is 0 Å². The van der Waals surface area contributed by atoms with Crippen LogP contribution >= 0.6 is 11.5 Å². The molecule has 0 radical (unpaired) electrons. The molecule has 1 N–H and O–H groups in total. The number of H-pyrrole nitrogens is 1. The predicted molar refractivity (Wildman–Crippen MR) is 80.5 cm³/mol. The highest BCUT2D eigenvalue weighted by Crippen LogP contribution is 2.18. The normalized spacial score (nSPS) is 10.4. The fourth-order valence-corrected chi connectivity index (χ4v) is 2.50. The van der Waals surface area contributed by atoms with Crippen LogP contribution in [0.4, 0.5) is 0 Å². The maximum absolute atomic E-state index is 4.08. The van der Waals surface area contributed by atoms with Gasteiger partial charge in [0.1, 0.15) is 0 Å². The lowest BCUT2D eigenvalue weighted by Gasteiger charge is -1.88. The third-order valence-corrected chi connectivity index (χ3v) is 3.62. The number of aromatic amines is 1. The predicted octanol–water partition coefficient (Wildman–Crippen LogP) is 4.17. The number of fused-ring (bicyclic) bond motifs is 2. The number of para-hydroxylation sites is 2. The molecule has 4 rings (SSSR count). The summed E-state index contributed by atoms with van der Waals surface area (Å²) in [5.74, 6) is 0. The van der Waals surface area contributed by atoms with E-state index in [4.69, 9.17) is 0 Å². The van der Waals surface area contributed by atoms with E-state index in [1.54, 1.807) is 17.9 Å². The minimum absolute atomic E-state index is 1.03. The first-order chi connectivity index (χ1) is 9.33. The first-order valence-electron chi connectivity index (χ1n) is 6.02. The Morgan fingerprint density at radius 3 is 2.89 bits per heavy atom. The summed E-state index contributed by atoms with van der Waals surface area (Å²) < 4.78 is 5.35. The Balaban J connectivity index is 0.000000117. The standard InChI is InChI=1S/C8H7NS.C7H6N2/c1-6-2-3-8-7(4-6)5-9-10-8;1-2-4-7-6(3-1)8-5-9-7/h2-5H,1H3;1-5H,(H,8,9). The molecule has 2 aromatic carbocycles. The second-order valence-electron chi connectivity index (χ2n) is 4.29. The van der Waals surface area contributed by atoms with E-state index in [-0.39, 0.29) is 0 Å². The number of aromatic nitrogens is 3. The van der Waals surface area contributed by atoms with Crippen LogP contribution in [-0.4, -0.2) is 14.3 Å². The lowest BCUT2D eigenvalue weighted by Crippen LogP contribution is -1.67. The smallest absolute Gasteiger partial charge is 0.0931 e. The van der Waals surface area contributed by atoms with Gasteiger partial charge in [0, 0.05) is 11.6 Å². The van der Waals surface area contributed by atoms with Crippen molar-refractivity contribution in [3.63, 3.8) is 0 Å². The van der Waals surface area contributed by atoms with E-state index >= 15 is 0 Å². The molecule has 0 aliphatic rings. The van der Waals surface area contributed by atoms with Crippen molar-refractivity contribution >= 4 is 32.7 Å². The Morgan fingerprint density at radius 2 is 2.00 bits per heavy atom. The molecule has 0 saturated carbocycles. The van der Waals surface area contributed by atoms with Crippen molar-refractivity contribution in [2.45, 2.75) is 6.92 Å². The molecule has 0 spiro atoms. The van der Waals surface area contributed by atoms with Crippen molar-refractivity contribution in [3.05, 3.63) is 60.6 Å². The first kappa shape index (κ1) is 11.9. The number of hydrogen-bond acceptors (Lipinski definition) is 3. The molecule has 0 aliphatic carbocycles. The summed E-state index contributed by atoms with van der Waals surface area (Å²) in [4.78, 5) is 7.07. The van der Waals surface area contributed by atoms with E-state index in [9.17, 15) is 0 Å².